The third kappa shape index (κ3) is 11.1. The highest BCUT2D eigenvalue weighted by molar-refractivity contribution is 5.97. The molecule has 4 aromatic rings. The lowest BCUT2D eigenvalue weighted by Crippen LogP contribution is -2.30. The second-order valence-electron chi connectivity index (χ2n) is 14.5. The van der Waals surface area contributed by atoms with Gasteiger partial charge < -0.3 is 0 Å². The number of hydrogen-bond donors (Lipinski definition) is 0. The standard InChI is InChI=1S/C58H58/c1-9-13-20-32-50(38-37-43(5)6)58-53(12-4)56(45(8)44(7)39-47(11-3)48-29-21-18-16-15-17-19-22-30-48)42-52(28-14-10-2)57(58)41-46-27-25-34-51(40-46)55-36-26-33-49-31-23-24-35-54(49)55/h10-16,18-28,30-42H,4-5,8-9,17,29H2,1-3,6-7H3/b14-10-,16-15-,20-13-,21-18-,22-19-,38-37-,44-39+,47-11+,48-30+,50-32+,52-28-,57-41?. The van der Waals surface area contributed by atoms with E-state index in [2.05, 4.69) is 223 Å². The minimum Gasteiger partial charge on any atom is -0.0984 e. The Kier molecular flexibility index (Phi) is 16.0. The number of fused-ring (bicyclic) bond motifs is 1. The smallest absolute Gasteiger partial charge is 0.00266 e. The SMILES string of the molecule is C=Cc1c(C(=C)/C(C)=C/C(=C\C)C2=C/C=C\C/C=C\C=C/C\2)c/c(=C/C=C\C)c(=Cc2cccc(-c3cccc4ccccc34)c2)c1C(/C=C\C(=C)C)=C/C=C\CC. The molecule has 0 aliphatic heterocycles. The maximum Gasteiger partial charge on any atom is -0.00266 e. The summed E-state index contributed by atoms with van der Waals surface area (Å²) in [4.78, 5) is 0. The van der Waals surface area contributed by atoms with Crippen LogP contribution in [0.2, 0.25) is 0 Å². The van der Waals surface area contributed by atoms with E-state index in [9.17, 15) is 0 Å². The topological polar surface area (TPSA) is 0 Å². The molecule has 0 saturated heterocycles. The van der Waals surface area contributed by atoms with Crippen LogP contribution in [0.3, 0.4) is 0 Å². The Labute approximate surface area is 348 Å². The predicted octanol–water partition coefficient (Wildman–Crippen LogP) is 15.1. The van der Waals surface area contributed by atoms with Gasteiger partial charge >= 0.3 is 0 Å². The predicted molar refractivity (Wildman–Crippen MR) is 261 cm³/mol. The van der Waals surface area contributed by atoms with Crippen LogP contribution in [0, 0.1) is 0 Å². The van der Waals surface area contributed by atoms with E-state index >= 15 is 0 Å². The summed E-state index contributed by atoms with van der Waals surface area (Å²) < 4.78 is 0. The fourth-order valence-electron chi connectivity index (χ4n) is 7.15. The molecule has 0 atom stereocenters. The summed E-state index contributed by atoms with van der Waals surface area (Å²) >= 11 is 0. The van der Waals surface area contributed by atoms with E-state index in [0.717, 1.165) is 74.2 Å². The van der Waals surface area contributed by atoms with Crippen LogP contribution in [0.1, 0.15) is 76.1 Å². The van der Waals surface area contributed by atoms with Gasteiger partial charge in [-0.2, -0.15) is 0 Å². The molecule has 0 fully saturated rings. The molecule has 4 aromatic carbocycles. The van der Waals surface area contributed by atoms with Crippen molar-refractivity contribution in [3.8, 4) is 11.1 Å². The summed E-state index contributed by atoms with van der Waals surface area (Å²) in [5.41, 5.74) is 13.2. The van der Waals surface area contributed by atoms with Crippen LogP contribution in [0.5, 0.6) is 0 Å². The van der Waals surface area contributed by atoms with Gasteiger partial charge in [-0.15, -0.1) is 0 Å². The first kappa shape index (κ1) is 42.6. The van der Waals surface area contributed by atoms with Gasteiger partial charge in [0.2, 0.25) is 0 Å². The van der Waals surface area contributed by atoms with Gasteiger partial charge in [-0.3, -0.25) is 0 Å². The van der Waals surface area contributed by atoms with E-state index in [1.54, 1.807) is 0 Å². The molecule has 0 unspecified atom stereocenters. The summed E-state index contributed by atoms with van der Waals surface area (Å²) in [5, 5.41) is 4.68. The first-order chi connectivity index (χ1) is 28.3. The minimum atomic E-state index is 0.843. The van der Waals surface area contributed by atoms with Gasteiger partial charge in [0.1, 0.15) is 0 Å². The Morgan fingerprint density at radius 2 is 1.59 bits per heavy atom. The summed E-state index contributed by atoms with van der Waals surface area (Å²) in [6.45, 7) is 24.0. The summed E-state index contributed by atoms with van der Waals surface area (Å²) in [7, 11) is 0. The Bertz CT molecular complexity index is 2600. The highest BCUT2D eigenvalue weighted by Crippen LogP contribution is 2.32. The maximum absolute atomic E-state index is 4.77. The quantitative estimate of drug-likeness (QED) is 0.119. The molecule has 0 heteroatoms. The Morgan fingerprint density at radius 1 is 0.810 bits per heavy atom. The van der Waals surface area contributed by atoms with E-state index in [-0.39, 0.29) is 0 Å². The summed E-state index contributed by atoms with van der Waals surface area (Å²) in [6.07, 6.45) is 44.0. The lowest BCUT2D eigenvalue weighted by molar-refractivity contribution is 1.22. The van der Waals surface area contributed by atoms with Gasteiger partial charge in [0, 0.05) is 0 Å². The summed E-state index contributed by atoms with van der Waals surface area (Å²) in [6, 6.07) is 26.3. The molecule has 0 amide bonds. The van der Waals surface area contributed by atoms with Crippen LogP contribution >= 0.6 is 0 Å². The minimum absolute atomic E-state index is 0.843. The number of allylic oxidation sites excluding steroid dienone is 22. The molecule has 290 valence electrons. The van der Waals surface area contributed by atoms with Crippen LogP contribution in [-0.4, -0.2) is 0 Å². The zero-order valence-corrected chi connectivity index (χ0v) is 35.1. The number of rotatable bonds is 13. The molecule has 1 aliphatic carbocycles. The maximum atomic E-state index is 4.77. The third-order valence-corrected chi connectivity index (χ3v) is 10.2. The van der Waals surface area contributed by atoms with Crippen molar-refractivity contribution in [1.82, 2.24) is 0 Å². The van der Waals surface area contributed by atoms with Crippen molar-refractivity contribution in [2.45, 2.75) is 53.9 Å². The molecular weight excluding hydrogens is 697 g/mol. The fourth-order valence-corrected chi connectivity index (χ4v) is 7.15. The van der Waals surface area contributed by atoms with E-state index in [1.807, 2.05) is 13.0 Å². The van der Waals surface area contributed by atoms with Gasteiger partial charge in [-0.05, 0) is 148 Å². The van der Waals surface area contributed by atoms with Crippen LogP contribution in [0.15, 0.2) is 212 Å². The van der Waals surface area contributed by atoms with Crippen molar-refractivity contribution in [2.75, 3.05) is 0 Å². The van der Waals surface area contributed by atoms with Crippen LogP contribution in [-0.2, 0) is 0 Å². The van der Waals surface area contributed by atoms with Crippen LogP contribution in [0.25, 0.3) is 51.3 Å². The number of hydrogen-bond acceptors (Lipinski definition) is 0. The second-order valence-corrected chi connectivity index (χ2v) is 14.5. The van der Waals surface area contributed by atoms with Crippen molar-refractivity contribution in [2.24, 2.45) is 0 Å². The van der Waals surface area contributed by atoms with E-state index in [0.29, 0.717) is 0 Å². The normalized spacial score (nSPS) is 17.5. The fraction of sp³-hybridized carbons (Fsp3) is 0.138. The van der Waals surface area contributed by atoms with Gasteiger partial charge in [0.05, 0.1) is 0 Å². The lowest BCUT2D eigenvalue weighted by Gasteiger charge is -2.19. The average molecular weight is 755 g/mol. The highest BCUT2D eigenvalue weighted by Gasteiger charge is 2.16. The highest BCUT2D eigenvalue weighted by atomic mass is 14.2. The van der Waals surface area contributed by atoms with Crippen molar-refractivity contribution in [3.63, 3.8) is 0 Å². The number of benzene rings is 4. The molecule has 0 spiro atoms. The lowest BCUT2D eigenvalue weighted by atomic mass is 9.85. The second kappa shape index (κ2) is 21.7. The third-order valence-electron chi connectivity index (χ3n) is 10.2. The van der Waals surface area contributed by atoms with Crippen LogP contribution in [0.4, 0.5) is 0 Å². The monoisotopic (exact) mass is 754 g/mol. The molecule has 0 N–H and O–H groups in total. The zero-order chi connectivity index (χ0) is 41.3. The van der Waals surface area contributed by atoms with Gasteiger partial charge in [-0.1, -0.05) is 202 Å². The molecule has 0 nitrogen and oxygen atoms in total. The summed E-state index contributed by atoms with van der Waals surface area (Å²) in [5.74, 6) is 0. The molecule has 0 radical (unpaired) electrons. The largest absolute Gasteiger partial charge is 0.0984 e. The van der Waals surface area contributed by atoms with Crippen molar-refractivity contribution >= 4 is 40.1 Å². The van der Waals surface area contributed by atoms with Gasteiger partial charge in [0.15, 0.2) is 0 Å². The van der Waals surface area contributed by atoms with Crippen molar-refractivity contribution in [1.29, 1.82) is 0 Å². The van der Waals surface area contributed by atoms with Gasteiger partial charge in [-0.25, -0.2) is 0 Å². The Hall–Kier alpha value is -6.50. The first-order valence-electron chi connectivity index (χ1n) is 20.4. The van der Waals surface area contributed by atoms with Crippen molar-refractivity contribution < 1.29 is 0 Å². The Balaban J connectivity index is 1.81. The Morgan fingerprint density at radius 3 is 2.36 bits per heavy atom. The van der Waals surface area contributed by atoms with Gasteiger partial charge in [0.25, 0.3) is 0 Å². The first-order valence-corrected chi connectivity index (χ1v) is 20.4. The van der Waals surface area contributed by atoms with E-state index < -0.39 is 0 Å². The molecule has 0 aromatic heterocycles. The molecule has 0 bridgehead atoms. The molecular formula is C58H58. The molecule has 58 heavy (non-hydrogen) atoms. The van der Waals surface area contributed by atoms with E-state index in [1.165, 1.54) is 33.0 Å². The molecule has 5 rings (SSSR count). The van der Waals surface area contributed by atoms with Crippen molar-refractivity contribution in [3.05, 3.63) is 245 Å². The average Bonchev–Trinajstić information content (AvgIpc) is 3.24. The molecule has 1 aliphatic rings. The van der Waals surface area contributed by atoms with E-state index in [4.69, 9.17) is 6.58 Å². The zero-order valence-electron chi connectivity index (χ0n) is 35.1. The molecule has 0 saturated carbocycles. The molecule has 0 heterocycles. The van der Waals surface area contributed by atoms with Crippen LogP contribution < -0.4 is 10.4 Å².